The van der Waals surface area contributed by atoms with Crippen LogP contribution in [0.2, 0.25) is 0 Å². The molecule has 0 spiro atoms. The number of hydrogen-bond donors (Lipinski definition) is 5. The highest BCUT2D eigenvalue weighted by Gasteiger charge is 2.50. The van der Waals surface area contributed by atoms with Crippen molar-refractivity contribution in [1.29, 1.82) is 0 Å². The van der Waals surface area contributed by atoms with E-state index in [2.05, 4.69) is 15.0 Å². The molecule has 11 heteroatoms. The van der Waals surface area contributed by atoms with Crippen molar-refractivity contribution >= 4 is 29.4 Å². The maximum atomic E-state index is 10.3. The summed E-state index contributed by atoms with van der Waals surface area (Å²) in [6.07, 6.45) is -4.20. The molecule has 0 saturated heterocycles. The van der Waals surface area contributed by atoms with Crippen molar-refractivity contribution in [3.63, 3.8) is 0 Å². The third kappa shape index (κ3) is 2.63. The molecule has 2 aromatic rings. The molecule has 0 radical (unpaired) electrons. The predicted octanol–water partition coefficient (Wildman–Crippen LogP) is -2.16. The fourth-order valence-corrected chi connectivity index (χ4v) is 2.89. The minimum atomic E-state index is -1.54. The summed E-state index contributed by atoms with van der Waals surface area (Å²) in [5.41, 5.74) is 6.38. The van der Waals surface area contributed by atoms with Crippen molar-refractivity contribution in [2.24, 2.45) is 0 Å². The van der Waals surface area contributed by atoms with E-state index in [0.717, 1.165) is 0 Å². The number of ether oxygens (including phenoxy) is 1. The molecule has 0 aromatic carbocycles. The van der Waals surface area contributed by atoms with Gasteiger partial charge in [-0.05, 0) is 0 Å². The topological polar surface area (TPSA) is 160 Å². The summed E-state index contributed by atoms with van der Waals surface area (Å²) in [7, 11) is 1.33. The van der Waals surface area contributed by atoms with E-state index < -0.39 is 36.6 Å². The van der Waals surface area contributed by atoms with Crippen LogP contribution in [-0.4, -0.2) is 77.6 Å². The Morgan fingerprint density at radius 3 is 2.35 bits per heavy atom. The Morgan fingerprint density at radius 2 is 1.70 bits per heavy atom. The van der Waals surface area contributed by atoms with Gasteiger partial charge in [-0.2, -0.15) is 0 Å². The Labute approximate surface area is 137 Å². The number of nitrogens with zero attached hydrogens (tertiary/aromatic N) is 4. The lowest BCUT2D eigenvalue weighted by Crippen LogP contribution is -2.61. The third-order valence-electron chi connectivity index (χ3n) is 4.05. The standard InChI is InChI=1S/C12H17N5O5.ClH/c1-22-10-5(6(18)7(19)8(20)9(10)21)17-3-16-4-11(13)14-2-15-12(4)17;/h2-3,5-10,18-21H,1H3,(H2,13,14,15);1H/t5-,6-,7-,8+,9+,10+;/m1./s1. The molecule has 6 atom stereocenters. The highest BCUT2D eigenvalue weighted by molar-refractivity contribution is 5.85. The van der Waals surface area contributed by atoms with Crippen LogP contribution in [0.5, 0.6) is 0 Å². The first-order valence-electron chi connectivity index (χ1n) is 6.65. The molecule has 0 aliphatic heterocycles. The minimum Gasteiger partial charge on any atom is -0.388 e. The van der Waals surface area contributed by atoms with Gasteiger partial charge in [0.2, 0.25) is 0 Å². The number of aliphatic hydroxyl groups excluding tert-OH is 4. The molecule has 1 aliphatic carbocycles. The molecule has 1 aliphatic rings. The van der Waals surface area contributed by atoms with E-state index in [1.54, 1.807) is 0 Å². The molecule has 6 N–H and O–H groups in total. The van der Waals surface area contributed by atoms with Crippen molar-refractivity contribution in [3.8, 4) is 0 Å². The second kappa shape index (κ2) is 6.51. The van der Waals surface area contributed by atoms with Crippen LogP contribution in [0.15, 0.2) is 12.7 Å². The number of hydrogen-bond acceptors (Lipinski definition) is 9. The highest BCUT2D eigenvalue weighted by atomic mass is 35.5. The van der Waals surface area contributed by atoms with Crippen LogP contribution in [0.1, 0.15) is 6.04 Å². The fraction of sp³-hybridized carbons (Fsp3) is 0.583. The number of nitrogen functional groups attached to an aromatic ring is 1. The summed E-state index contributed by atoms with van der Waals surface area (Å²) in [6.45, 7) is 0. The molecule has 0 bridgehead atoms. The average Bonchev–Trinajstić information content (AvgIpc) is 2.93. The highest BCUT2D eigenvalue weighted by Crippen LogP contribution is 2.34. The Balaban J connectivity index is 0.00000192. The summed E-state index contributed by atoms with van der Waals surface area (Å²) in [4.78, 5) is 12.0. The maximum absolute atomic E-state index is 10.3. The van der Waals surface area contributed by atoms with Gasteiger partial charge in [0.1, 0.15) is 42.4 Å². The summed E-state index contributed by atoms with van der Waals surface area (Å²) in [5, 5.41) is 40.1. The fourth-order valence-electron chi connectivity index (χ4n) is 2.89. The van der Waals surface area contributed by atoms with Gasteiger partial charge in [0.05, 0.1) is 12.4 Å². The Kier molecular flexibility index (Phi) is 5.04. The number of imidazole rings is 1. The van der Waals surface area contributed by atoms with Gasteiger partial charge in [0.15, 0.2) is 11.5 Å². The minimum absolute atomic E-state index is 0. The lowest BCUT2D eigenvalue weighted by molar-refractivity contribution is -0.205. The Bertz CT molecular complexity index is 685. The second-order valence-corrected chi connectivity index (χ2v) is 5.24. The Morgan fingerprint density at radius 1 is 1.04 bits per heavy atom. The number of fused-ring (bicyclic) bond motifs is 1. The van der Waals surface area contributed by atoms with Crippen LogP contribution in [0.3, 0.4) is 0 Å². The Hall–Kier alpha value is -1.56. The molecule has 10 nitrogen and oxygen atoms in total. The van der Waals surface area contributed by atoms with Gasteiger partial charge in [0.25, 0.3) is 0 Å². The van der Waals surface area contributed by atoms with Gasteiger partial charge >= 0.3 is 0 Å². The molecule has 1 saturated carbocycles. The first-order valence-corrected chi connectivity index (χ1v) is 6.65. The quantitative estimate of drug-likeness (QED) is 0.407. The van der Waals surface area contributed by atoms with Crippen molar-refractivity contribution in [1.82, 2.24) is 19.5 Å². The smallest absolute Gasteiger partial charge is 0.165 e. The molecule has 2 heterocycles. The SMILES string of the molecule is CO[C@@H]1[C@@H](O)[C@@H](O)[C@H](O)[C@H](O)[C@H]1n1cnc2c(N)ncnc21.Cl. The van der Waals surface area contributed by atoms with Gasteiger partial charge in [-0.25, -0.2) is 15.0 Å². The number of aliphatic hydroxyl groups is 4. The summed E-state index contributed by atoms with van der Waals surface area (Å²) < 4.78 is 6.65. The van der Waals surface area contributed by atoms with Crippen LogP contribution in [0, 0.1) is 0 Å². The van der Waals surface area contributed by atoms with Crippen LogP contribution in [0.25, 0.3) is 11.2 Å². The van der Waals surface area contributed by atoms with Crippen LogP contribution in [0.4, 0.5) is 5.82 Å². The van der Waals surface area contributed by atoms with Gasteiger partial charge < -0.3 is 35.5 Å². The second-order valence-electron chi connectivity index (χ2n) is 5.24. The largest absolute Gasteiger partial charge is 0.388 e. The molecule has 23 heavy (non-hydrogen) atoms. The molecule has 1 fully saturated rings. The molecule has 0 unspecified atom stereocenters. The molecular weight excluding hydrogens is 330 g/mol. The zero-order valence-electron chi connectivity index (χ0n) is 12.1. The van der Waals surface area contributed by atoms with E-state index in [4.69, 9.17) is 10.5 Å². The predicted molar refractivity (Wildman–Crippen MR) is 80.8 cm³/mol. The molecule has 0 amide bonds. The number of aromatic nitrogens is 4. The monoisotopic (exact) mass is 347 g/mol. The van der Waals surface area contributed by atoms with Crippen molar-refractivity contribution in [3.05, 3.63) is 12.7 Å². The first-order chi connectivity index (χ1) is 10.5. The zero-order chi connectivity index (χ0) is 16.0. The van der Waals surface area contributed by atoms with Gasteiger partial charge in [-0.1, -0.05) is 0 Å². The summed E-state index contributed by atoms with van der Waals surface area (Å²) >= 11 is 0. The third-order valence-corrected chi connectivity index (χ3v) is 4.05. The van der Waals surface area contributed by atoms with Crippen molar-refractivity contribution < 1.29 is 25.2 Å². The van der Waals surface area contributed by atoms with Crippen LogP contribution in [-0.2, 0) is 4.74 Å². The van der Waals surface area contributed by atoms with Crippen LogP contribution >= 0.6 is 12.4 Å². The molecule has 128 valence electrons. The average molecular weight is 348 g/mol. The number of nitrogens with two attached hydrogens (primary N) is 1. The van der Waals surface area contributed by atoms with Crippen molar-refractivity contribution in [2.75, 3.05) is 12.8 Å². The van der Waals surface area contributed by atoms with Gasteiger partial charge in [0, 0.05) is 7.11 Å². The molecular formula is C12H18ClN5O5. The lowest BCUT2D eigenvalue weighted by atomic mass is 9.83. The van der Waals surface area contributed by atoms with E-state index in [-0.39, 0.29) is 18.2 Å². The van der Waals surface area contributed by atoms with Gasteiger partial charge in [-0.3, -0.25) is 0 Å². The van der Waals surface area contributed by atoms with Crippen molar-refractivity contribution in [2.45, 2.75) is 36.6 Å². The van der Waals surface area contributed by atoms with E-state index in [0.29, 0.717) is 11.2 Å². The zero-order valence-corrected chi connectivity index (χ0v) is 12.9. The summed E-state index contributed by atoms with van der Waals surface area (Å²) in [5.74, 6) is 0.171. The van der Waals surface area contributed by atoms with E-state index in [1.165, 1.54) is 24.3 Å². The van der Waals surface area contributed by atoms with E-state index in [9.17, 15) is 20.4 Å². The van der Waals surface area contributed by atoms with E-state index >= 15 is 0 Å². The van der Waals surface area contributed by atoms with Gasteiger partial charge in [-0.15, -0.1) is 12.4 Å². The normalized spacial score (nSPS) is 34.3. The van der Waals surface area contributed by atoms with E-state index in [1.807, 2.05) is 0 Å². The summed E-state index contributed by atoms with van der Waals surface area (Å²) in [6, 6.07) is -0.905. The maximum Gasteiger partial charge on any atom is 0.165 e. The number of rotatable bonds is 2. The number of anilines is 1. The lowest BCUT2D eigenvalue weighted by Gasteiger charge is -2.43. The van der Waals surface area contributed by atoms with Crippen LogP contribution < -0.4 is 5.73 Å². The first kappa shape index (κ1) is 17.8. The number of halogens is 1. The molecule has 3 rings (SSSR count). The number of methoxy groups -OCH3 is 1. The molecule has 2 aromatic heterocycles.